The van der Waals surface area contributed by atoms with Crippen molar-refractivity contribution in [2.75, 3.05) is 25.4 Å². The molecule has 1 heterocycles. The van der Waals surface area contributed by atoms with Gasteiger partial charge in [0.1, 0.15) is 12.4 Å². The predicted octanol–water partition coefficient (Wildman–Crippen LogP) is 2.01. The van der Waals surface area contributed by atoms with Crippen molar-refractivity contribution in [3.8, 4) is 5.75 Å². The van der Waals surface area contributed by atoms with Crippen LogP contribution in [0.4, 0.5) is 0 Å². The standard InChI is InChI=1S/C13H15NO2S/c1-10(9-17)8-14-6-7-16-12-5-3-2-4-11(12)13(14)15/h2-5,17H,1,6-9H2. The summed E-state index contributed by atoms with van der Waals surface area (Å²) in [5.74, 6) is 1.25. The first kappa shape index (κ1) is 12.0. The van der Waals surface area contributed by atoms with Gasteiger partial charge >= 0.3 is 0 Å². The van der Waals surface area contributed by atoms with Gasteiger partial charge in [-0.05, 0) is 17.7 Å². The molecule has 90 valence electrons. The highest BCUT2D eigenvalue weighted by molar-refractivity contribution is 7.80. The molecule has 1 amide bonds. The Morgan fingerprint density at radius 3 is 3.00 bits per heavy atom. The number of hydrogen-bond donors (Lipinski definition) is 1. The van der Waals surface area contributed by atoms with Crippen molar-refractivity contribution in [2.45, 2.75) is 0 Å². The van der Waals surface area contributed by atoms with Gasteiger partial charge in [0.2, 0.25) is 0 Å². The SMILES string of the molecule is C=C(CS)CN1CCOc2ccccc2C1=O. The number of carbonyl (C=O) groups is 1. The van der Waals surface area contributed by atoms with E-state index in [2.05, 4.69) is 19.2 Å². The molecule has 0 bridgehead atoms. The lowest BCUT2D eigenvalue weighted by Crippen LogP contribution is -2.34. The van der Waals surface area contributed by atoms with Gasteiger partial charge in [-0.3, -0.25) is 4.79 Å². The Labute approximate surface area is 106 Å². The molecular weight excluding hydrogens is 234 g/mol. The third-order valence-corrected chi connectivity index (χ3v) is 3.11. The summed E-state index contributed by atoms with van der Waals surface area (Å²) in [6, 6.07) is 7.33. The average Bonchev–Trinajstić information content (AvgIpc) is 2.51. The third kappa shape index (κ3) is 2.64. The highest BCUT2D eigenvalue weighted by Gasteiger charge is 2.22. The molecule has 0 N–H and O–H groups in total. The van der Waals surface area contributed by atoms with E-state index in [0.717, 1.165) is 5.57 Å². The van der Waals surface area contributed by atoms with E-state index in [1.165, 1.54) is 0 Å². The Kier molecular flexibility index (Phi) is 3.74. The minimum atomic E-state index is 0.000957. The molecular formula is C13H15NO2S. The van der Waals surface area contributed by atoms with Crippen molar-refractivity contribution in [1.82, 2.24) is 4.90 Å². The maximum atomic E-state index is 12.3. The van der Waals surface area contributed by atoms with Gasteiger partial charge in [-0.25, -0.2) is 0 Å². The van der Waals surface area contributed by atoms with Crippen LogP contribution in [-0.2, 0) is 0 Å². The van der Waals surface area contributed by atoms with Crippen molar-refractivity contribution < 1.29 is 9.53 Å². The zero-order valence-corrected chi connectivity index (χ0v) is 10.5. The smallest absolute Gasteiger partial charge is 0.258 e. The van der Waals surface area contributed by atoms with Gasteiger partial charge in [0.15, 0.2) is 0 Å². The van der Waals surface area contributed by atoms with Crippen molar-refractivity contribution in [3.63, 3.8) is 0 Å². The Morgan fingerprint density at radius 1 is 1.47 bits per heavy atom. The molecule has 1 aromatic rings. The number of ether oxygens (including phenoxy) is 1. The van der Waals surface area contributed by atoms with E-state index in [1.807, 2.05) is 18.2 Å². The van der Waals surface area contributed by atoms with E-state index in [-0.39, 0.29) is 5.91 Å². The van der Waals surface area contributed by atoms with Crippen LogP contribution >= 0.6 is 12.6 Å². The molecule has 4 heteroatoms. The van der Waals surface area contributed by atoms with Gasteiger partial charge < -0.3 is 9.64 Å². The molecule has 1 aromatic carbocycles. The first-order valence-corrected chi connectivity index (χ1v) is 6.14. The lowest BCUT2D eigenvalue weighted by molar-refractivity contribution is 0.0771. The van der Waals surface area contributed by atoms with E-state index >= 15 is 0 Å². The molecule has 0 aliphatic carbocycles. The molecule has 0 saturated carbocycles. The van der Waals surface area contributed by atoms with E-state index in [1.54, 1.807) is 11.0 Å². The number of para-hydroxylation sites is 1. The van der Waals surface area contributed by atoms with Crippen LogP contribution in [0.25, 0.3) is 0 Å². The normalized spacial score (nSPS) is 14.9. The predicted molar refractivity (Wildman–Crippen MR) is 70.8 cm³/mol. The summed E-state index contributed by atoms with van der Waals surface area (Å²) in [5.41, 5.74) is 1.55. The summed E-state index contributed by atoms with van der Waals surface area (Å²) in [5, 5.41) is 0. The Morgan fingerprint density at radius 2 is 2.24 bits per heavy atom. The second-order valence-electron chi connectivity index (χ2n) is 3.98. The molecule has 1 aliphatic rings. The number of nitrogens with zero attached hydrogens (tertiary/aromatic N) is 1. The molecule has 0 fully saturated rings. The Balaban J connectivity index is 2.23. The Bertz CT molecular complexity index is 445. The zero-order valence-electron chi connectivity index (χ0n) is 9.56. The maximum Gasteiger partial charge on any atom is 0.258 e. The van der Waals surface area contributed by atoms with Crippen LogP contribution in [-0.4, -0.2) is 36.3 Å². The largest absolute Gasteiger partial charge is 0.491 e. The molecule has 0 atom stereocenters. The summed E-state index contributed by atoms with van der Waals surface area (Å²) in [4.78, 5) is 14.0. The molecule has 3 nitrogen and oxygen atoms in total. The van der Waals surface area contributed by atoms with E-state index in [4.69, 9.17) is 4.74 Å². The van der Waals surface area contributed by atoms with Crippen molar-refractivity contribution >= 4 is 18.5 Å². The van der Waals surface area contributed by atoms with E-state index < -0.39 is 0 Å². The first-order chi connectivity index (χ1) is 8.22. The number of thiol groups is 1. The van der Waals surface area contributed by atoms with Gasteiger partial charge in [-0.15, -0.1) is 0 Å². The minimum absolute atomic E-state index is 0.000957. The van der Waals surface area contributed by atoms with Crippen LogP contribution in [0.5, 0.6) is 5.75 Å². The van der Waals surface area contributed by atoms with Crippen LogP contribution in [0.1, 0.15) is 10.4 Å². The number of fused-ring (bicyclic) bond motifs is 1. The van der Waals surface area contributed by atoms with Gasteiger partial charge in [0.05, 0.1) is 12.1 Å². The first-order valence-electron chi connectivity index (χ1n) is 5.51. The number of carbonyl (C=O) groups excluding carboxylic acids is 1. The molecule has 0 radical (unpaired) electrons. The third-order valence-electron chi connectivity index (χ3n) is 2.66. The fourth-order valence-corrected chi connectivity index (χ4v) is 1.88. The summed E-state index contributed by atoms with van der Waals surface area (Å²) < 4.78 is 5.55. The lowest BCUT2D eigenvalue weighted by Gasteiger charge is -2.20. The second kappa shape index (κ2) is 5.27. The quantitative estimate of drug-likeness (QED) is 0.656. The Hall–Kier alpha value is -1.42. The highest BCUT2D eigenvalue weighted by atomic mass is 32.1. The number of rotatable bonds is 3. The zero-order chi connectivity index (χ0) is 12.3. The fraction of sp³-hybridized carbons (Fsp3) is 0.308. The van der Waals surface area contributed by atoms with Crippen molar-refractivity contribution in [2.24, 2.45) is 0 Å². The minimum Gasteiger partial charge on any atom is -0.491 e. The molecule has 0 spiro atoms. The topological polar surface area (TPSA) is 29.5 Å². The van der Waals surface area contributed by atoms with Gasteiger partial charge in [-0.1, -0.05) is 18.7 Å². The van der Waals surface area contributed by atoms with Crippen LogP contribution in [0, 0.1) is 0 Å². The van der Waals surface area contributed by atoms with Gasteiger partial charge in [0.25, 0.3) is 5.91 Å². The molecule has 17 heavy (non-hydrogen) atoms. The number of hydrogen-bond acceptors (Lipinski definition) is 3. The maximum absolute atomic E-state index is 12.3. The van der Waals surface area contributed by atoms with Crippen LogP contribution in [0.15, 0.2) is 36.4 Å². The summed E-state index contributed by atoms with van der Waals surface area (Å²) in [6.45, 7) is 5.52. The van der Waals surface area contributed by atoms with E-state index in [9.17, 15) is 4.79 Å². The van der Waals surface area contributed by atoms with Gasteiger partial charge in [-0.2, -0.15) is 12.6 Å². The van der Waals surface area contributed by atoms with Crippen LogP contribution < -0.4 is 4.74 Å². The van der Waals surface area contributed by atoms with Gasteiger partial charge in [0, 0.05) is 12.3 Å². The summed E-state index contributed by atoms with van der Waals surface area (Å²) in [7, 11) is 0. The summed E-state index contributed by atoms with van der Waals surface area (Å²) >= 11 is 4.16. The molecule has 2 rings (SSSR count). The van der Waals surface area contributed by atoms with Crippen molar-refractivity contribution in [1.29, 1.82) is 0 Å². The van der Waals surface area contributed by atoms with E-state index in [0.29, 0.717) is 36.8 Å². The summed E-state index contributed by atoms with van der Waals surface area (Å²) in [6.07, 6.45) is 0. The second-order valence-corrected chi connectivity index (χ2v) is 4.30. The monoisotopic (exact) mass is 249 g/mol. The van der Waals surface area contributed by atoms with Crippen molar-refractivity contribution in [3.05, 3.63) is 42.0 Å². The lowest BCUT2D eigenvalue weighted by atomic mass is 10.1. The highest BCUT2D eigenvalue weighted by Crippen LogP contribution is 2.22. The molecule has 1 aliphatic heterocycles. The number of amides is 1. The molecule has 0 unspecified atom stereocenters. The average molecular weight is 249 g/mol. The fourth-order valence-electron chi connectivity index (χ4n) is 1.78. The molecule has 0 aromatic heterocycles. The molecule has 0 saturated heterocycles. The van der Waals surface area contributed by atoms with Crippen LogP contribution in [0.2, 0.25) is 0 Å². The van der Waals surface area contributed by atoms with Crippen LogP contribution in [0.3, 0.4) is 0 Å². The number of benzene rings is 1.